The van der Waals surface area contributed by atoms with Crippen molar-refractivity contribution in [3.8, 4) is 0 Å². The summed E-state index contributed by atoms with van der Waals surface area (Å²) in [5, 5.41) is 13.6. The number of aryl methyl sites for hydroxylation is 1. The van der Waals surface area contributed by atoms with E-state index in [9.17, 15) is 9.90 Å². The standard InChI is InChI=1S/C24H28ClN3O2/c1-2-3-13-23-27-16-20(28(23)17-19-11-7-8-12-21(19)25)15-26-22(24(29)30)14-18-9-5-4-6-10-18/h4-12,16,22,26H,2-3,13-15,17H2,1H3,(H,29,30). The van der Waals surface area contributed by atoms with Gasteiger partial charge in [0.05, 0.1) is 12.2 Å². The molecule has 0 aliphatic carbocycles. The maximum absolute atomic E-state index is 11.8. The molecule has 1 heterocycles. The number of aromatic nitrogens is 2. The van der Waals surface area contributed by atoms with Crippen molar-refractivity contribution in [1.82, 2.24) is 14.9 Å². The Morgan fingerprint density at radius 2 is 1.90 bits per heavy atom. The second-order valence-electron chi connectivity index (χ2n) is 7.41. The highest BCUT2D eigenvalue weighted by Gasteiger charge is 2.19. The number of nitrogens with one attached hydrogen (secondary N) is 1. The zero-order valence-corrected chi connectivity index (χ0v) is 18.0. The lowest BCUT2D eigenvalue weighted by molar-refractivity contribution is -0.139. The van der Waals surface area contributed by atoms with Crippen molar-refractivity contribution < 1.29 is 9.90 Å². The van der Waals surface area contributed by atoms with E-state index in [-0.39, 0.29) is 0 Å². The minimum absolute atomic E-state index is 0.424. The number of carboxylic acids is 1. The molecular weight excluding hydrogens is 398 g/mol. The average Bonchev–Trinajstić information content (AvgIpc) is 3.13. The summed E-state index contributed by atoms with van der Waals surface area (Å²) in [6, 6.07) is 16.8. The number of hydrogen-bond acceptors (Lipinski definition) is 3. The normalized spacial score (nSPS) is 12.1. The van der Waals surface area contributed by atoms with Gasteiger partial charge < -0.3 is 9.67 Å². The molecule has 0 fully saturated rings. The monoisotopic (exact) mass is 425 g/mol. The highest BCUT2D eigenvalue weighted by atomic mass is 35.5. The van der Waals surface area contributed by atoms with Crippen LogP contribution in [0.1, 0.15) is 42.4 Å². The molecule has 1 aromatic heterocycles. The fourth-order valence-electron chi connectivity index (χ4n) is 3.44. The second kappa shape index (κ2) is 11.0. The van der Waals surface area contributed by atoms with Gasteiger partial charge in [-0.1, -0.05) is 73.5 Å². The average molecular weight is 426 g/mol. The summed E-state index contributed by atoms with van der Waals surface area (Å²) in [5.74, 6) is 0.144. The van der Waals surface area contributed by atoms with E-state index in [0.717, 1.165) is 46.9 Å². The molecule has 0 bridgehead atoms. The molecule has 3 rings (SSSR count). The van der Waals surface area contributed by atoms with Gasteiger partial charge in [-0.15, -0.1) is 0 Å². The number of imidazole rings is 1. The maximum Gasteiger partial charge on any atom is 0.321 e. The molecule has 0 spiro atoms. The summed E-state index contributed by atoms with van der Waals surface area (Å²) >= 11 is 6.38. The van der Waals surface area contributed by atoms with Gasteiger partial charge in [-0.2, -0.15) is 0 Å². The van der Waals surface area contributed by atoms with Crippen molar-refractivity contribution in [2.24, 2.45) is 0 Å². The Hall–Kier alpha value is -2.63. The van der Waals surface area contributed by atoms with Crippen molar-refractivity contribution in [3.63, 3.8) is 0 Å². The molecule has 0 saturated carbocycles. The van der Waals surface area contributed by atoms with Crippen LogP contribution in [-0.4, -0.2) is 26.7 Å². The van der Waals surface area contributed by atoms with Crippen molar-refractivity contribution in [2.45, 2.75) is 51.7 Å². The van der Waals surface area contributed by atoms with E-state index in [2.05, 4.69) is 21.8 Å². The minimum Gasteiger partial charge on any atom is -0.480 e. The number of rotatable bonds is 11. The molecule has 0 saturated heterocycles. The van der Waals surface area contributed by atoms with Gasteiger partial charge in [0, 0.05) is 24.2 Å². The first-order valence-corrected chi connectivity index (χ1v) is 10.7. The number of nitrogens with zero attached hydrogens (tertiary/aromatic N) is 2. The first-order valence-electron chi connectivity index (χ1n) is 10.3. The highest BCUT2D eigenvalue weighted by molar-refractivity contribution is 6.31. The Balaban J connectivity index is 1.77. The van der Waals surface area contributed by atoms with E-state index >= 15 is 0 Å². The topological polar surface area (TPSA) is 67.2 Å². The molecule has 0 radical (unpaired) electrons. The molecule has 1 unspecified atom stereocenters. The molecule has 6 heteroatoms. The van der Waals surface area contributed by atoms with Gasteiger partial charge in [0.2, 0.25) is 0 Å². The predicted octanol–water partition coefficient (Wildman–Crippen LogP) is 4.71. The second-order valence-corrected chi connectivity index (χ2v) is 7.82. The minimum atomic E-state index is -0.859. The van der Waals surface area contributed by atoms with Crippen LogP contribution < -0.4 is 5.32 Å². The summed E-state index contributed by atoms with van der Waals surface area (Å²) in [5.41, 5.74) is 2.97. The van der Waals surface area contributed by atoms with Crippen molar-refractivity contribution in [3.05, 3.63) is 88.5 Å². The van der Waals surface area contributed by atoms with Crippen molar-refractivity contribution in [2.75, 3.05) is 0 Å². The number of hydrogen-bond donors (Lipinski definition) is 2. The van der Waals surface area contributed by atoms with E-state index in [1.165, 1.54) is 0 Å². The molecule has 0 aliphatic heterocycles. The Morgan fingerprint density at radius 3 is 2.60 bits per heavy atom. The summed E-state index contributed by atoms with van der Waals surface area (Å²) < 4.78 is 2.16. The predicted molar refractivity (Wildman–Crippen MR) is 120 cm³/mol. The summed E-state index contributed by atoms with van der Waals surface area (Å²) in [4.78, 5) is 16.4. The van der Waals surface area contributed by atoms with Crippen LogP contribution in [0.25, 0.3) is 0 Å². The van der Waals surface area contributed by atoms with Gasteiger partial charge in [0.1, 0.15) is 11.9 Å². The molecular formula is C24H28ClN3O2. The third-order valence-corrected chi connectivity index (χ3v) is 5.54. The Bertz CT molecular complexity index is 956. The first-order chi connectivity index (χ1) is 14.6. The van der Waals surface area contributed by atoms with Crippen LogP contribution in [0, 0.1) is 0 Å². The van der Waals surface area contributed by atoms with Crippen LogP contribution in [0.5, 0.6) is 0 Å². The van der Waals surface area contributed by atoms with Gasteiger partial charge in [0.15, 0.2) is 0 Å². The van der Waals surface area contributed by atoms with Gasteiger partial charge in [-0.05, 0) is 30.0 Å². The third-order valence-electron chi connectivity index (χ3n) is 5.17. The van der Waals surface area contributed by atoms with Crippen LogP contribution in [0.3, 0.4) is 0 Å². The molecule has 3 aromatic rings. The van der Waals surface area contributed by atoms with Crippen LogP contribution in [0.15, 0.2) is 60.8 Å². The number of carbonyl (C=O) groups is 1. The van der Waals surface area contributed by atoms with Gasteiger partial charge >= 0.3 is 5.97 Å². The number of carboxylic acid groups (broad SMARTS) is 1. The number of unbranched alkanes of at least 4 members (excludes halogenated alkanes) is 1. The molecule has 5 nitrogen and oxygen atoms in total. The SMILES string of the molecule is CCCCc1ncc(CNC(Cc2ccccc2)C(=O)O)n1Cc1ccccc1Cl. The molecule has 1 atom stereocenters. The van der Waals surface area contributed by atoms with E-state index in [1.54, 1.807) is 0 Å². The molecule has 0 aliphatic rings. The zero-order chi connectivity index (χ0) is 21.3. The lowest BCUT2D eigenvalue weighted by atomic mass is 10.1. The van der Waals surface area contributed by atoms with Gasteiger partial charge in [0.25, 0.3) is 0 Å². The van der Waals surface area contributed by atoms with E-state index in [4.69, 9.17) is 11.6 Å². The lowest BCUT2D eigenvalue weighted by Gasteiger charge is -2.17. The summed E-state index contributed by atoms with van der Waals surface area (Å²) in [6.45, 7) is 3.20. The Labute approximate surface area is 182 Å². The van der Waals surface area contributed by atoms with E-state index in [1.807, 2.05) is 60.8 Å². The highest BCUT2D eigenvalue weighted by Crippen LogP contribution is 2.19. The molecule has 2 N–H and O–H groups in total. The smallest absolute Gasteiger partial charge is 0.321 e. The fourth-order valence-corrected chi connectivity index (χ4v) is 3.64. The largest absolute Gasteiger partial charge is 0.480 e. The van der Waals surface area contributed by atoms with Gasteiger partial charge in [-0.25, -0.2) is 4.98 Å². The first kappa shape index (κ1) is 22.1. The number of aliphatic carboxylic acids is 1. The molecule has 0 amide bonds. The van der Waals surface area contributed by atoms with Crippen LogP contribution in [0.4, 0.5) is 0 Å². The quantitative estimate of drug-likeness (QED) is 0.466. The van der Waals surface area contributed by atoms with Gasteiger partial charge in [-0.3, -0.25) is 10.1 Å². The summed E-state index contributed by atoms with van der Waals surface area (Å²) in [7, 11) is 0. The Kier molecular flexibility index (Phi) is 8.05. The lowest BCUT2D eigenvalue weighted by Crippen LogP contribution is -2.38. The van der Waals surface area contributed by atoms with Crippen molar-refractivity contribution in [1.29, 1.82) is 0 Å². The Morgan fingerprint density at radius 1 is 1.17 bits per heavy atom. The number of halogens is 1. The van der Waals surface area contributed by atoms with Crippen LogP contribution >= 0.6 is 11.6 Å². The fraction of sp³-hybridized carbons (Fsp3) is 0.333. The van der Waals surface area contributed by atoms with Crippen molar-refractivity contribution >= 4 is 17.6 Å². The maximum atomic E-state index is 11.8. The van der Waals surface area contributed by atoms with Crippen LogP contribution in [-0.2, 0) is 30.7 Å². The van der Waals surface area contributed by atoms with E-state index in [0.29, 0.717) is 19.5 Å². The summed E-state index contributed by atoms with van der Waals surface area (Å²) in [6.07, 6.45) is 5.30. The molecule has 2 aromatic carbocycles. The van der Waals surface area contributed by atoms with Crippen LogP contribution in [0.2, 0.25) is 5.02 Å². The molecule has 158 valence electrons. The molecule has 30 heavy (non-hydrogen) atoms. The zero-order valence-electron chi connectivity index (χ0n) is 17.2. The number of benzene rings is 2. The van der Waals surface area contributed by atoms with E-state index < -0.39 is 12.0 Å². The third kappa shape index (κ3) is 5.94.